The molecule has 1 aromatic carbocycles. The Bertz CT molecular complexity index is 1250. The number of nitrogens with two attached hydrogens (primary N) is 1. The lowest BCUT2D eigenvalue weighted by Crippen LogP contribution is -2.37. The summed E-state index contributed by atoms with van der Waals surface area (Å²) < 4.78 is 2.01. The predicted molar refractivity (Wildman–Crippen MR) is 93.4 cm³/mol. The number of non-ortho nitro benzene ring substituents is 1. The number of nitriles is 1. The molecule has 0 saturated heterocycles. The fourth-order valence-electron chi connectivity index (χ4n) is 2.78. The van der Waals surface area contributed by atoms with Crippen LogP contribution < -0.4 is 17.0 Å². The molecule has 0 amide bonds. The molecule has 0 fully saturated rings. The van der Waals surface area contributed by atoms with Gasteiger partial charge in [-0.25, -0.2) is 9.78 Å². The number of anilines is 1. The fraction of sp³-hybridized carbons (Fsp3) is 0.125. The predicted octanol–water partition coefficient (Wildman–Crippen LogP) is 0.661. The molecular weight excluding hydrogens is 340 g/mol. The number of hydrogen-bond acceptors (Lipinski definition) is 7. The lowest BCUT2D eigenvalue weighted by atomic mass is 9.97. The van der Waals surface area contributed by atoms with Gasteiger partial charge >= 0.3 is 5.69 Å². The second-order valence-corrected chi connectivity index (χ2v) is 5.57. The molecule has 3 aromatic rings. The maximum absolute atomic E-state index is 12.7. The second-order valence-electron chi connectivity index (χ2n) is 5.57. The highest BCUT2D eigenvalue weighted by molar-refractivity contribution is 5.98. The summed E-state index contributed by atoms with van der Waals surface area (Å²) in [4.78, 5) is 39.4. The van der Waals surface area contributed by atoms with Gasteiger partial charge in [-0.15, -0.1) is 0 Å². The van der Waals surface area contributed by atoms with Crippen molar-refractivity contribution in [2.45, 2.75) is 0 Å². The van der Waals surface area contributed by atoms with E-state index < -0.39 is 16.2 Å². The Balaban J connectivity index is 2.62. The van der Waals surface area contributed by atoms with Crippen LogP contribution in [0, 0.1) is 21.4 Å². The van der Waals surface area contributed by atoms with Crippen molar-refractivity contribution < 1.29 is 4.92 Å². The van der Waals surface area contributed by atoms with E-state index in [0.717, 1.165) is 9.13 Å². The van der Waals surface area contributed by atoms with Gasteiger partial charge in [-0.2, -0.15) is 5.26 Å². The van der Waals surface area contributed by atoms with E-state index in [-0.39, 0.29) is 39.2 Å². The van der Waals surface area contributed by atoms with Crippen molar-refractivity contribution in [2.24, 2.45) is 14.1 Å². The third-order valence-electron chi connectivity index (χ3n) is 4.07. The summed E-state index contributed by atoms with van der Waals surface area (Å²) in [5, 5.41) is 20.6. The molecule has 10 heteroatoms. The minimum Gasteiger partial charge on any atom is -0.383 e. The smallest absolute Gasteiger partial charge is 0.332 e. The van der Waals surface area contributed by atoms with Gasteiger partial charge in [-0.3, -0.25) is 24.0 Å². The van der Waals surface area contributed by atoms with Gasteiger partial charge in [0.15, 0.2) is 5.65 Å². The number of nitro groups is 1. The number of fused-ring (bicyclic) bond motifs is 1. The highest BCUT2D eigenvalue weighted by Crippen LogP contribution is 2.33. The largest absolute Gasteiger partial charge is 0.383 e. The molecule has 0 unspecified atom stereocenters. The van der Waals surface area contributed by atoms with Gasteiger partial charge in [0.25, 0.3) is 11.2 Å². The molecule has 0 aliphatic carbocycles. The number of aryl methyl sites for hydroxylation is 1. The molecule has 0 radical (unpaired) electrons. The van der Waals surface area contributed by atoms with Crippen LogP contribution in [0.25, 0.3) is 22.2 Å². The molecule has 0 aliphatic heterocycles. The number of nitro benzene ring substituents is 1. The Morgan fingerprint density at radius 2 is 1.96 bits per heavy atom. The molecular formula is C16H12N6O4. The van der Waals surface area contributed by atoms with Gasteiger partial charge in [0.2, 0.25) is 0 Å². The Hall–Kier alpha value is -4.00. The average Bonchev–Trinajstić information content (AvgIpc) is 2.63. The highest BCUT2D eigenvalue weighted by Gasteiger charge is 2.22. The van der Waals surface area contributed by atoms with Gasteiger partial charge in [-0.05, 0) is 5.56 Å². The van der Waals surface area contributed by atoms with Gasteiger partial charge in [0.1, 0.15) is 17.5 Å². The molecule has 0 atom stereocenters. The van der Waals surface area contributed by atoms with Gasteiger partial charge in [-0.1, -0.05) is 12.1 Å². The number of hydrogen-bond donors (Lipinski definition) is 1. The normalized spacial score (nSPS) is 10.7. The maximum Gasteiger partial charge on any atom is 0.332 e. The summed E-state index contributed by atoms with van der Waals surface area (Å²) in [6, 6.07) is 7.37. The van der Waals surface area contributed by atoms with E-state index in [0.29, 0.717) is 0 Å². The van der Waals surface area contributed by atoms with E-state index in [2.05, 4.69) is 4.98 Å². The number of rotatable bonds is 2. The molecule has 3 rings (SSSR count). The van der Waals surface area contributed by atoms with E-state index in [1.54, 1.807) is 0 Å². The van der Waals surface area contributed by atoms with Crippen molar-refractivity contribution in [3.63, 3.8) is 0 Å². The van der Waals surface area contributed by atoms with Crippen molar-refractivity contribution >= 4 is 22.5 Å². The third-order valence-corrected chi connectivity index (χ3v) is 4.07. The standard InChI is InChI=1S/C16H12N6O4/c1-20-14-12(15(23)21(2)16(20)24)11(10(7-17)13(18)19-14)8-4-3-5-9(6-8)22(25)26/h3-6H,1-2H3,(H2,18,19). The van der Waals surface area contributed by atoms with Crippen LogP contribution in [0.3, 0.4) is 0 Å². The first-order valence-electron chi connectivity index (χ1n) is 7.32. The summed E-state index contributed by atoms with van der Waals surface area (Å²) in [5.41, 5.74) is 4.63. The van der Waals surface area contributed by atoms with Crippen LogP contribution in [-0.2, 0) is 14.1 Å². The minimum atomic E-state index is -0.673. The zero-order valence-corrected chi connectivity index (χ0v) is 13.8. The van der Waals surface area contributed by atoms with Gasteiger partial charge in [0, 0.05) is 31.8 Å². The molecule has 0 bridgehead atoms. The Morgan fingerprint density at radius 3 is 2.58 bits per heavy atom. The van der Waals surface area contributed by atoms with Crippen molar-refractivity contribution in [3.05, 3.63) is 60.8 Å². The Kier molecular flexibility index (Phi) is 3.77. The molecule has 0 aliphatic rings. The molecule has 2 heterocycles. The highest BCUT2D eigenvalue weighted by atomic mass is 16.6. The topological polar surface area (TPSA) is 150 Å². The molecule has 0 spiro atoms. The van der Waals surface area contributed by atoms with Crippen LogP contribution in [0.1, 0.15) is 5.56 Å². The Labute approximate surface area is 145 Å². The minimum absolute atomic E-state index is 0.00361. The van der Waals surface area contributed by atoms with E-state index in [1.165, 1.54) is 38.4 Å². The van der Waals surface area contributed by atoms with Crippen molar-refractivity contribution in [1.29, 1.82) is 5.26 Å². The van der Waals surface area contributed by atoms with E-state index in [9.17, 15) is 25.0 Å². The number of aromatic nitrogens is 3. The summed E-state index contributed by atoms with van der Waals surface area (Å²) >= 11 is 0. The third kappa shape index (κ3) is 2.30. The van der Waals surface area contributed by atoms with Crippen LogP contribution in [0.4, 0.5) is 11.5 Å². The number of pyridine rings is 1. The summed E-state index contributed by atoms with van der Waals surface area (Å²) in [7, 11) is 2.71. The second kappa shape index (κ2) is 5.82. The molecule has 0 saturated carbocycles. The SMILES string of the molecule is Cn1c(=O)c2c(-c3cccc([N+](=O)[O-])c3)c(C#N)c(N)nc2n(C)c1=O. The van der Waals surface area contributed by atoms with Gasteiger partial charge < -0.3 is 5.73 Å². The van der Waals surface area contributed by atoms with E-state index in [4.69, 9.17) is 5.73 Å². The van der Waals surface area contributed by atoms with Crippen molar-refractivity contribution in [3.8, 4) is 17.2 Å². The molecule has 2 N–H and O–H groups in total. The van der Waals surface area contributed by atoms with Gasteiger partial charge in [0.05, 0.1) is 10.3 Å². The number of benzene rings is 1. The first-order valence-corrected chi connectivity index (χ1v) is 7.32. The van der Waals surface area contributed by atoms with Crippen LogP contribution in [0.5, 0.6) is 0 Å². The van der Waals surface area contributed by atoms with E-state index >= 15 is 0 Å². The monoisotopic (exact) mass is 352 g/mol. The molecule has 26 heavy (non-hydrogen) atoms. The quantitative estimate of drug-likeness (QED) is 0.525. The average molecular weight is 352 g/mol. The Morgan fingerprint density at radius 1 is 1.27 bits per heavy atom. The zero-order chi connectivity index (χ0) is 19.2. The molecule has 2 aromatic heterocycles. The van der Waals surface area contributed by atoms with Crippen LogP contribution in [0.2, 0.25) is 0 Å². The maximum atomic E-state index is 12.7. The summed E-state index contributed by atoms with van der Waals surface area (Å²) in [5.74, 6) is -0.176. The first kappa shape index (κ1) is 16.8. The lowest BCUT2D eigenvalue weighted by molar-refractivity contribution is -0.384. The van der Waals surface area contributed by atoms with Crippen molar-refractivity contribution in [2.75, 3.05) is 5.73 Å². The molecule has 130 valence electrons. The zero-order valence-electron chi connectivity index (χ0n) is 13.8. The fourth-order valence-corrected chi connectivity index (χ4v) is 2.78. The van der Waals surface area contributed by atoms with E-state index in [1.807, 2.05) is 6.07 Å². The lowest BCUT2D eigenvalue weighted by Gasteiger charge is -2.13. The van der Waals surface area contributed by atoms with Crippen molar-refractivity contribution in [1.82, 2.24) is 14.1 Å². The van der Waals surface area contributed by atoms with Crippen LogP contribution in [0.15, 0.2) is 33.9 Å². The number of nitrogen functional groups attached to an aromatic ring is 1. The first-order chi connectivity index (χ1) is 12.3. The van der Waals surface area contributed by atoms with Crippen LogP contribution in [-0.4, -0.2) is 19.0 Å². The summed E-state index contributed by atoms with van der Waals surface area (Å²) in [6.07, 6.45) is 0. The molecule has 10 nitrogen and oxygen atoms in total. The summed E-state index contributed by atoms with van der Waals surface area (Å²) in [6.45, 7) is 0. The van der Waals surface area contributed by atoms with Crippen LogP contribution >= 0.6 is 0 Å². The number of nitrogens with zero attached hydrogens (tertiary/aromatic N) is 5.